The molecule has 0 rings (SSSR count). The molecule has 0 aliphatic carbocycles. The molecule has 0 atom stereocenters. The molecule has 0 aromatic carbocycles. The second-order valence-corrected chi connectivity index (χ2v) is 7.59. The van der Waals surface area contributed by atoms with Gasteiger partial charge < -0.3 is 14.2 Å². The summed E-state index contributed by atoms with van der Waals surface area (Å²) in [6.45, 7) is 11.1. The van der Waals surface area contributed by atoms with E-state index in [1.54, 1.807) is 7.11 Å². The van der Waals surface area contributed by atoms with E-state index in [1.165, 1.54) is 38.5 Å². The van der Waals surface area contributed by atoms with Gasteiger partial charge in [-0.05, 0) is 36.6 Å². The lowest BCUT2D eigenvalue weighted by atomic mass is 10.1. The molecule has 0 aliphatic heterocycles. The van der Waals surface area contributed by atoms with E-state index in [0.29, 0.717) is 32.5 Å². The van der Waals surface area contributed by atoms with Gasteiger partial charge in [0.1, 0.15) is 4.33 Å². The first-order chi connectivity index (χ1) is 11.5. The third-order valence-corrected chi connectivity index (χ3v) is 4.88. The predicted octanol–water partition coefficient (Wildman–Crippen LogP) is 4.94. The van der Waals surface area contributed by atoms with E-state index >= 15 is 0 Å². The number of hydrogen-bond acceptors (Lipinski definition) is 3. The lowest BCUT2D eigenvalue weighted by molar-refractivity contribution is -0.0130. The highest BCUT2D eigenvalue weighted by molar-refractivity contribution is 6.48. The minimum Gasteiger partial charge on any atom is -0.382 e. The molecule has 0 saturated heterocycles. The van der Waals surface area contributed by atoms with Crippen molar-refractivity contribution in [2.75, 3.05) is 33.5 Å². The van der Waals surface area contributed by atoms with Crippen LogP contribution in [0.3, 0.4) is 0 Å². The van der Waals surface area contributed by atoms with Crippen LogP contribution in [0.5, 0.6) is 0 Å². The van der Waals surface area contributed by atoms with Crippen molar-refractivity contribution in [1.82, 2.24) is 0 Å². The van der Waals surface area contributed by atoms with Gasteiger partial charge in [-0.25, -0.2) is 0 Å². The van der Waals surface area contributed by atoms with Crippen molar-refractivity contribution in [3.63, 3.8) is 0 Å². The molecule has 6 heteroatoms. The van der Waals surface area contributed by atoms with Crippen LogP contribution in [0.4, 0.5) is 0 Å². The lowest BCUT2D eigenvalue weighted by Crippen LogP contribution is -2.17. The average Bonchev–Trinajstić information content (AvgIpc) is 2.60. The molecule has 0 N–H and O–H groups in total. The maximum absolute atomic E-state index is 5.86. The fourth-order valence-corrected chi connectivity index (χ4v) is 1.94. The zero-order valence-electron chi connectivity index (χ0n) is 16.5. The third kappa shape index (κ3) is 24.7. The minimum absolute atomic E-state index is 0. The van der Waals surface area contributed by atoms with E-state index in [1.807, 2.05) is 13.8 Å². The van der Waals surface area contributed by atoms with E-state index in [-0.39, 0.29) is 11.0 Å². The summed E-state index contributed by atoms with van der Waals surface area (Å²) in [6, 6.07) is 0. The van der Waals surface area contributed by atoms with Gasteiger partial charge in [0, 0.05) is 7.11 Å². The molecule has 0 fully saturated rings. The highest BCUT2D eigenvalue weighted by atomic mass is 35.5. The monoisotopic (exact) mass is 418 g/mol. The van der Waals surface area contributed by atoms with Gasteiger partial charge in [0.05, 0.1) is 32.5 Å². The molecule has 0 radical (unpaired) electrons. The van der Waals surface area contributed by atoms with Crippen LogP contribution in [-0.4, -0.2) is 54.9 Å². The standard InChI is InChI=1S/C14H30O3.C5H10Cl2.H4Si/c1-4-6-8-14(9-7-5-2)17-13-12-16-11-10-15-3;1-3-5(6,7)4-2;/h14H,4-13H2,1-3H3;3-4H2,1-2H3;1H4. The van der Waals surface area contributed by atoms with Crippen LogP contribution >= 0.6 is 23.2 Å². The maximum atomic E-state index is 5.86. The SMILES string of the molecule is CCC(Cl)(Cl)CC.CCCCC(CCCC)OCCOCCOC.[SiH4]. The van der Waals surface area contributed by atoms with Gasteiger partial charge in [0.15, 0.2) is 0 Å². The minimum atomic E-state index is -0.472. The van der Waals surface area contributed by atoms with Crippen molar-refractivity contribution in [1.29, 1.82) is 0 Å². The van der Waals surface area contributed by atoms with E-state index in [0.717, 1.165) is 12.8 Å². The Morgan fingerprint density at radius 1 is 0.800 bits per heavy atom. The Bertz CT molecular complexity index is 231. The first-order valence-electron chi connectivity index (χ1n) is 9.53. The second kappa shape index (κ2) is 22.7. The Labute approximate surface area is 171 Å². The first-order valence-corrected chi connectivity index (χ1v) is 10.3. The molecule has 25 heavy (non-hydrogen) atoms. The number of ether oxygens (including phenoxy) is 3. The number of unbranched alkanes of at least 4 members (excludes halogenated alkanes) is 2. The van der Waals surface area contributed by atoms with Gasteiger partial charge in [0.2, 0.25) is 0 Å². The molecule has 0 aliphatic rings. The Morgan fingerprint density at radius 3 is 1.64 bits per heavy atom. The predicted molar refractivity (Wildman–Crippen MR) is 118 cm³/mol. The van der Waals surface area contributed by atoms with Crippen LogP contribution in [0.1, 0.15) is 79.1 Å². The highest BCUT2D eigenvalue weighted by Gasteiger charge is 2.16. The lowest BCUT2D eigenvalue weighted by Gasteiger charge is -2.17. The second-order valence-electron chi connectivity index (χ2n) is 5.95. The molecule has 0 spiro atoms. The molecule has 0 bridgehead atoms. The molecule has 0 heterocycles. The quantitative estimate of drug-likeness (QED) is 0.214. The van der Waals surface area contributed by atoms with Crippen LogP contribution in [0.15, 0.2) is 0 Å². The molecule has 0 saturated carbocycles. The van der Waals surface area contributed by atoms with Crippen LogP contribution in [0.25, 0.3) is 0 Å². The number of rotatable bonds is 15. The van der Waals surface area contributed by atoms with E-state index in [9.17, 15) is 0 Å². The molecule has 3 nitrogen and oxygen atoms in total. The van der Waals surface area contributed by atoms with Gasteiger partial charge in [-0.2, -0.15) is 0 Å². The van der Waals surface area contributed by atoms with E-state index < -0.39 is 4.33 Å². The summed E-state index contributed by atoms with van der Waals surface area (Å²) < 4.78 is 15.7. The van der Waals surface area contributed by atoms with Gasteiger partial charge in [0.25, 0.3) is 0 Å². The van der Waals surface area contributed by atoms with Crippen molar-refractivity contribution >= 4 is 34.2 Å². The summed E-state index contributed by atoms with van der Waals surface area (Å²) in [5.74, 6) is 0. The molecule has 0 aromatic rings. The fraction of sp³-hybridized carbons (Fsp3) is 1.00. The van der Waals surface area contributed by atoms with Crippen LogP contribution < -0.4 is 0 Å². The fourth-order valence-electron chi connectivity index (χ4n) is 1.94. The summed E-state index contributed by atoms with van der Waals surface area (Å²) >= 11 is 11.3. The van der Waals surface area contributed by atoms with Crippen molar-refractivity contribution in [2.24, 2.45) is 0 Å². The normalized spacial score (nSPS) is 11.0. The van der Waals surface area contributed by atoms with Gasteiger partial charge in [-0.3, -0.25) is 0 Å². The largest absolute Gasteiger partial charge is 0.382 e. The summed E-state index contributed by atoms with van der Waals surface area (Å²) in [6.07, 6.45) is 9.48. The summed E-state index contributed by atoms with van der Waals surface area (Å²) in [5.41, 5.74) is 0. The Kier molecular flexibility index (Phi) is 27.6. The Balaban J connectivity index is -0.000000513. The zero-order chi connectivity index (χ0) is 18.7. The van der Waals surface area contributed by atoms with Crippen LogP contribution in [-0.2, 0) is 14.2 Å². The van der Waals surface area contributed by atoms with Crippen molar-refractivity contribution in [3.8, 4) is 0 Å². The number of hydrogen-bond donors (Lipinski definition) is 0. The summed E-state index contributed by atoms with van der Waals surface area (Å²) in [4.78, 5) is 0. The van der Waals surface area contributed by atoms with Gasteiger partial charge >= 0.3 is 0 Å². The Morgan fingerprint density at radius 2 is 1.28 bits per heavy atom. The van der Waals surface area contributed by atoms with Crippen LogP contribution in [0, 0.1) is 0 Å². The van der Waals surface area contributed by atoms with Gasteiger partial charge in [-0.1, -0.05) is 53.4 Å². The smallest absolute Gasteiger partial charge is 0.117 e. The molecule has 0 amide bonds. The molecule has 156 valence electrons. The summed E-state index contributed by atoms with van der Waals surface area (Å²) in [7, 11) is 1.69. The molecule has 0 aromatic heterocycles. The third-order valence-electron chi connectivity index (χ3n) is 3.81. The zero-order valence-corrected chi connectivity index (χ0v) is 18.1. The Hall–Kier alpha value is 0.677. The van der Waals surface area contributed by atoms with Crippen molar-refractivity contribution < 1.29 is 14.2 Å². The van der Waals surface area contributed by atoms with Crippen molar-refractivity contribution in [2.45, 2.75) is 89.5 Å². The van der Waals surface area contributed by atoms with E-state index in [4.69, 9.17) is 37.4 Å². The van der Waals surface area contributed by atoms with Gasteiger partial charge in [-0.15, -0.1) is 23.2 Å². The van der Waals surface area contributed by atoms with Crippen LogP contribution in [0.2, 0.25) is 0 Å². The van der Waals surface area contributed by atoms with E-state index in [2.05, 4.69) is 13.8 Å². The number of methoxy groups -OCH3 is 1. The first kappa shape index (κ1) is 30.4. The average molecular weight is 420 g/mol. The number of alkyl halides is 2. The summed E-state index contributed by atoms with van der Waals surface area (Å²) in [5, 5.41) is 0. The number of halogens is 2. The topological polar surface area (TPSA) is 27.7 Å². The molecule has 0 unspecified atom stereocenters. The molecular weight excluding hydrogens is 375 g/mol. The maximum Gasteiger partial charge on any atom is 0.117 e. The highest BCUT2D eigenvalue weighted by Crippen LogP contribution is 2.27. The molecular formula is C19H44Cl2O3Si. The van der Waals surface area contributed by atoms with Crippen molar-refractivity contribution in [3.05, 3.63) is 0 Å².